The molecule has 0 amide bonds. The van der Waals surface area contributed by atoms with E-state index in [2.05, 4.69) is 22.9 Å². The summed E-state index contributed by atoms with van der Waals surface area (Å²) in [5.74, 6) is 0.987. The normalized spacial score (nSPS) is 12.1. The third-order valence-corrected chi connectivity index (χ3v) is 3.71. The van der Waals surface area contributed by atoms with Gasteiger partial charge in [0.2, 0.25) is 0 Å². The van der Waals surface area contributed by atoms with Gasteiger partial charge in [-0.15, -0.1) is 0 Å². The molecule has 0 spiro atoms. The van der Waals surface area contributed by atoms with E-state index in [1.165, 1.54) is 7.11 Å². The summed E-state index contributed by atoms with van der Waals surface area (Å²) in [7, 11) is 3.09. The van der Waals surface area contributed by atoms with Crippen LogP contribution in [0, 0.1) is 0 Å². The maximum absolute atomic E-state index is 12.3. The van der Waals surface area contributed by atoms with E-state index >= 15 is 0 Å². The van der Waals surface area contributed by atoms with Crippen molar-refractivity contribution in [1.82, 2.24) is 0 Å². The number of unbranched alkanes of at least 4 members (excludes halogenated alkanes) is 1. The molecule has 0 heterocycles. The molecule has 1 unspecified atom stereocenters. The summed E-state index contributed by atoms with van der Waals surface area (Å²) in [5.41, 5.74) is 6.41. The van der Waals surface area contributed by atoms with Crippen LogP contribution in [-0.4, -0.2) is 26.0 Å². The van der Waals surface area contributed by atoms with Gasteiger partial charge < -0.3 is 15.2 Å². The number of Topliss-reactive ketones (excluding diaryl/α,β-unsaturated/α-hetero) is 1. The molecule has 2 N–H and O–H groups in total. The Morgan fingerprint density at radius 1 is 1.37 bits per heavy atom. The summed E-state index contributed by atoms with van der Waals surface area (Å²) in [5, 5.41) is 0. The summed E-state index contributed by atoms with van der Waals surface area (Å²) in [6.45, 7) is 2.07. The highest BCUT2D eigenvalue weighted by molar-refractivity contribution is 9.10. The topological polar surface area (TPSA) is 61.6 Å². The number of carbonyl (C=O) groups excluding carboxylic acids is 1. The van der Waals surface area contributed by atoms with E-state index < -0.39 is 6.04 Å². The van der Waals surface area contributed by atoms with Crippen LogP contribution >= 0.6 is 15.9 Å². The predicted octanol–water partition coefficient (Wildman–Crippen LogP) is 3.17. The number of methoxy groups -OCH3 is 2. The SMILES string of the molecule is CCCCC(N)C(=O)c1ccc(OC)c(Br)c1OC. The van der Waals surface area contributed by atoms with Crippen molar-refractivity contribution >= 4 is 21.7 Å². The molecule has 0 saturated heterocycles. The number of ether oxygens (including phenoxy) is 2. The molecule has 5 heteroatoms. The quantitative estimate of drug-likeness (QED) is 0.780. The summed E-state index contributed by atoms with van der Waals surface area (Å²) >= 11 is 3.38. The number of hydrogen-bond donors (Lipinski definition) is 1. The van der Waals surface area contributed by atoms with Crippen LogP contribution in [0.2, 0.25) is 0 Å². The van der Waals surface area contributed by atoms with Crippen molar-refractivity contribution in [2.75, 3.05) is 14.2 Å². The lowest BCUT2D eigenvalue weighted by Gasteiger charge is -2.15. The minimum absolute atomic E-state index is 0.103. The van der Waals surface area contributed by atoms with Crippen molar-refractivity contribution in [3.05, 3.63) is 22.2 Å². The number of rotatable bonds is 7. The average molecular weight is 330 g/mol. The van der Waals surface area contributed by atoms with Gasteiger partial charge in [-0.25, -0.2) is 0 Å². The molecular formula is C14H20BrNO3. The van der Waals surface area contributed by atoms with E-state index in [0.717, 1.165) is 12.8 Å². The van der Waals surface area contributed by atoms with Crippen molar-refractivity contribution in [3.63, 3.8) is 0 Å². The van der Waals surface area contributed by atoms with Crippen LogP contribution < -0.4 is 15.2 Å². The fraction of sp³-hybridized carbons (Fsp3) is 0.500. The molecule has 19 heavy (non-hydrogen) atoms. The Hall–Kier alpha value is -1.07. The molecule has 0 saturated carbocycles. The number of carbonyl (C=O) groups is 1. The zero-order valence-electron chi connectivity index (χ0n) is 11.5. The lowest BCUT2D eigenvalue weighted by atomic mass is 9.99. The van der Waals surface area contributed by atoms with Gasteiger partial charge in [-0.3, -0.25) is 4.79 Å². The minimum Gasteiger partial charge on any atom is -0.495 e. The van der Waals surface area contributed by atoms with E-state index in [1.807, 2.05) is 0 Å². The highest BCUT2D eigenvalue weighted by Crippen LogP contribution is 2.37. The van der Waals surface area contributed by atoms with Crippen LogP contribution in [0.5, 0.6) is 11.5 Å². The zero-order valence-corrected chi connectivity index (χ0v) is 13.1. The minimum atomic E-state index is -0.492. The second-order valence-electron chi connectivity index (χ2n) is 4.28. The number of ketones is 1. The molecule has 1 atom stereocenters. The molecule has 0 aliphatic heterocycles. The predicted molar refractivity (Wildman–Crippen MR) is 79.1 cm³/mol. The Morgan fingerprint density at radius 3 is 2.58 bits per heavy atom. The lowest BCUT2D eigenvalue weighted by Crippen LogP contribution is -2.30. The fourth-order valence-corrected chi connectivity index (χ4v) is 2.51. The van der Waals surface area contributed by atoms with Crippen molar-refractivity contribution in [2.24, 2.45) is 5.73 Å². The average Bonchev–Trinajstić information content (AvgIpc) is 2.43. The number of halogens is 1. The third kappa shape index (κ3) is 3.70. The van der Waals surface area contributed by atoms with Gasteiger partial charge in [0.05, 0.1) is 25.8 Å². The second-order valence-corrected chi connectivity index (χ2v) is 5.07. The molecule has 4 nitrogen and oxygen atoms in total. The van der Waals surface area contributed by atoms with E-state index in [-0.39, 0.29) is 5.78 Å². The van der Waals surface area contributed by atoms with Crippen LogP contribution in [0.15, 0.2) is 16.6 Å². The van der Waals surface area contributed by atoms with Gasteiger partial charge in [0.25, 0.3) is 0 Å². The van der Waals surface area contributed by atoms with Crippen LogP contribution in [0.25, 0.3) is 0 Å². The van der Waals surface area contributed by atoms with Gasteiger partial charge in [-0.2, -0.15) is 0 Å². The molecule has 0 aromatic heterocycles. The van der Waals surface area contributed by atoms with E-state index in [9.17, 15) is 4.79 Å². The standard InChI is InChI=1S/C14H20BrNO3/c1-4-5-6-10(16)13(17)9-7-8-11(18-2)12(15)14(9)19-3/h7-8,10H,4-6,16H2,1-3H3. The molecule has 0 aliphatic carbocycles. The highest BCUT2D eigenvalue weighted by atomic mass is 79.9. The largest absolute Gasteiger partial charge is 0.495 e. The smallest absolute Gasteiger partial charge is 0.183 e. The summed E-state index contributed by atoms with van der Waals surface area (Å²) in [4.78, 5) is 12.3. The molecular weight excluding hydrogens is 310 g/mol. The van der Waals surface area contributed by atoms with Crippen molar-refractivity contribution < 1.29 is 14.3 Å². The van der Waals surface area contributed by atoms with Gasteiger partial charge >= 0.3 is 0 Å². The molecule has 1 aromatic rings. The molecule has 0 radical (unpaired) electrons. The monoisotopic (exact) mass is 329 g/mol. The molecule has 106 valence electrons. The Morgan fingerprint density at radius 2 is 2.05 bits per heavy atom. The first-order chi connectivity index (χ1) is 9.06. The maximum Gasteiger partial charge on any atom is 0.183 e. The first-order valence-electron chi connectivity index (χ1n) is 6.27. The van der Waals surface area contributed by atoms with Crippen molar-refractivity contribution in [1.29, 1.82) is 0 Å². The van der Waals surface area contributed by atoms with Crippen LogP contribution in [-0.2, 0) is 0 Å². The molecule has 1 rings (SSSR count). The van der Waals surface area contributed by atoms with Gasteiger partial charge in [-0.05, 0) is 34.5 Å². The second kappa shape index (κ2) is 7.50. The van der Waals surface area contributed by atoms with Gasteiger partial charge in [0.1, 0.15) is 16.0 Å². The number of nitrogens with two attached hydrogens (primary N) is 1. The summed E-state index contributed by atoms with van der Waals surface area (Å²) < 4.78 is 11.1. The van der Waals surface area contributed by atoms with Gasteiger partial charge in [-0.1, -0.05) is 19.8 Å². The van der Waals surface area contributed by atoms with Crippen molar-refractivity contribution in [2.45, 2.75) is 32.2 Å². The van der Waals surface area contributed by atoms with Gasteiger partial charge in [0.15, 0.2) is 5.78 Å². The Labute approximate surface area is 122 Å². The first kappa shape index (κ1) is 16.0. The fourth-order valence-electron chi connectivity index (χ4n) is 1.84. The Balaban J connectivity index is 3.06. The van der Waals surface area contributed by atoms with E-state index in [0.29, 0.717) is 28.0 Å². The van der Waals surface area contributed by atoms with Crippen molar-refractivity contribution in [3.8, 4) is 11.5 Å². The molecule has 0 fully saturated rings. The maximum atomic E-state index is 12.3. The van der Waals surface area contributed by atoms with Crippen LogP contribution in [0.1, 0.15) is 36.5 Å². The van der Waals surface area contributed by atoms with E-state index in [4.69, 9.17) is 15.2 Å². The summed E-state index contributed by atoms with van der Waals surface area (Å²) in [6.07, 6.45) is 2.64. The van der Waals surface area contributed by atoms with Crippen LogP contribution in [0.4, 0.5) is 0 Å². The first-order valence-corrected chi connectivity index (χ1v) is 7.06. The van der Waals surface area contributed by atoms with Crippen LogP contribution in [0.3, 0.4) is 0 Å². The Kier molecular flexibility index (Phi) is 6.31. The van der Waals surface area contributed by atoms with Gasteiger partial charge in [0, 0.05) is 0 Å². The lowest BCUT2D eigenvalue weighted by molar-refractivity contribution is 0.0953. The molecule has 0 aliphatic rings. The highest BCUT2D eigenvalue weighted by Gasteiger charge is 2.22. The molecule has 0 bridgehead atoms. The number of hydrogen-bond acceptors (Lipinski definition) is 4. The molecule has 1 aromatic carbocycles. The Bertz CT molecular complexity index is 449. The zero-order chi connectivity index (χ0) is 14.4. The summed E-state index contributed by atoms with van der Waals surface area (Å²) in [6, 6.07) is 2.93. The third-order valence-electron chi connectivity index (χ3n) is 2.96. The number of benzene rings is 1. The van der Waals surface area contributed by atoms with E-state index in [1.54, 1.807) is 19.2 Å².